The number of ether oxygens (including phenoxy) is 1. The molecule has 0 atom stereocenters. The van der Waals surface area contributed by atoms with Gasteiger partial charge >= 0.3 is 6.36 Å². The molecule has 0 saturated carbocycles. The van der Waals surface area contributed by atoms with Crippen LogP contribution in [0.2, 0.25) is 0 Å². The number of aromatic nitrogens is 2. The molecule has 0 unspecified atom stereocenters. The molecule has 2 amide bonds. The van der Waals surface area contributed by atoms with Crippen molar-refractivity contribution in [1.82, 2.24) is 20.4 Å². The van der Waals surface area contributed by atoms with Gasteiger partial charge in [-0.15, -0.1) is 13.2 Å². The van der Waals surface area contributed by atoms with Gasteiger partial charge in [0.2, 0.25) is 5.91 Å². The van der Waals surface area contributed by atoms with Crippen LogP contribution in [0, 0.1) is 0 Å². The predicted molar refractivity (Wildman–Crippen MR) is 93.2 cm³/mol. The molecule has 2 N–H and O–H groups in total. The van der Waals surface area contributed by atoms with Crippen molar-refractivity contribution in [1.29, 1.82) is 0 Å². The first kappa shape index (κ1) is 19.2. The molecule has 0 aliphatic heterocycles. The Morgan fingerprint density at radius 1 is 1.07 bits per heavy atom. The Labute approximate surface area is 157 Å². The molecule has 0 aliphatic carbocycles. The molecule has 3 rings (SSSR count). The first-order valence-corrected chi connectivity index (χ1v) is 8.08. The number of nitrogens with zero attached hydrogens (tertiary/aromatic N) is 2. The molecule has 3 aromatic rings. The van der Waals surface area contributed by atoms with Gasteiger partial charge in [-0.3, -0.25) is 20.4 Å². The fourth-order valence-electron chi connectivity index (χ4n) is 2.55. The molecular weight excluding hydrogens is 377 g/mol. The number of carbonyl (C=O) groups excluding carboxylic acids is 2. The molecule has 28 heavy (non-hydrogen) atoms. The van der Waals surface area contributed by atoms with Crippen LogP contribution in [0.5, 0.6) is 5.75 Å². The number of nitrogens with one attached hydrogen (secondary N) is 2. The Morgan fingerprint density at radius 2 is 1.75 bits per heavy atom. The number of amides is 2. The molecule has 0 fully saturated rings. The Hall–Kier alpha value is -3.56. The van der Waals surface area contributed by atoms with Crippen molar-refractivity contribution in [2.24, 2.45) is 7.05 Å². The minimum atomic E-state index is -4.81. The van der Waals surface area contributed by atoms with E-state index in [2.05, 4.69) is 20.6 Å². The highest BCUT2D eigenvalue weighted by Crippen LogP contribution is 2.22. The van der Waals surface area contributed by atoms with Gasteiger partial charge in [-0.2, -0.15) is 0 Å². The quantitative estimate of drug-likeness (QED) is 0.668. The number of benzene rings is 2. The summed E-state index contributed by atoms with van der Waals surface area (Å²) in [5.41, 5.74) is 6.12. The standard InChI is InChI=1S/C18H15F3N4O3/c1-25-14-5-3-2-4-13(14)22-15(25)10-16(26)23-24-17(27)11-6-8-12(9-7-11)28-18(19,20)21/h2-9H,10H2,1H3,(H,23,26)(H,24,27). The third-order valence-corrected chi connectivity index (χ3v) is 3.86. The number of imidazole rings is 1. The maximum atomic E-state index is 12.1. The lowest BCUT2D eigenvalue weighted by Crippen LogP contribution is -2.42. The number of halogens is 3. The smallest absolute Gasteiger partial charge is 0.406 e. The van der Waals surface area contributed by atoms with Crippen molar-refractivity contribution in [3.05, 3.63) is 59.9 Å². The molecular formula is C18H15F3N4O3. The van der Waals surface area contributed by atoms with Gasteiger partial charge in [0.15, 0.2) is 0 Å². The van der Waals surface area contributed by atoms with E-state index in [1.54, 1.807) is 11.6 Å². The Morgan fingerprint density at radius 3 is 2.39 bits per heavy atom. The number of carbonyl (C=O) groups is 2. The van der Waals surface area contributed by atoms with Crippen molar-refractivity contribution in [2.75, 3.05) is 0 Å². The van der Waals surface area contributed by atoms with Crippen LogP contribution in [-0.4, -0.2) is 27.7 Å². The summed E-state index contributed by atoms with van der Waals surface area (Å²) in [6.07, 6.45) is -4.88. The molecule has 0 spiro atoms. The number of fused-ring (bicyclic) bond motifs is 1. The van der Waals surface area contributed by atoms with Crippen LogP contribution in [0.3, 0.4) is 0 Å². The Kier molecular flexibility index (Phi) is 5.21. The van der Waals surface area contributed by atoms with E-state index in [-0.39, 0.29) is 12.0 Å². The highest BCUT2D eigenvalue weighted by atomic mass is 19.4. The van der Waals surface area contributed by atoms with Crippen molar-refractivity contribution >= 4 is 22.8 Å². The largest absolute Gasteiger partial charge is 0.573 e. The van der Waals surface area contributed by atoms with E-state index in [0.717, 1.165) is 35.3 Å². The third-order valence-electron chi connectivity index (χ3n) is 3.86. The number of hydrogen-bond donors (Lipinski definition) is 2. The van der Waals surface area contributed by atoms with Crippen LogP contribution >= 0.6 is 0 Å². The summed E-state index contributed by atoms with van der Waals surface area (Å²) in [5, 5.41) is 0. The van der Waals surface area contributed by atoms with Gasteiger partial charge in [-0.25, -0.2) is 4.98 Å². The number of hydrogen-bond acceptors (Lipinski definition) is 4. The van der Waals surface area contributed by atoms with Crippen LogP contribution in [0.4, 0.5) is 13.2 Å². The summed E-state index contributed by atoms with van der Waals surface area (Å²) in [6.45, 7) is 0. The highest BCUT2D eigenvalue weighted by molar-refractivity contribution is 5.95. The average Bonchev–Trinajstić information content (AvgIpc) is 2.95. The predicted octanol–water partition coefficient (Wildman–Crippen LogP) is 2.48. The fraction of sp³-hybridized carbons (Fsp3) is 0.167. The molecule has 2 aromatic carbocycles. The minimum absolute atomic E-state index is 0.0533. The van der Waals surface area contributed by atoms with Crippen LogP contribution in [0.1, 0.15) is 16.2 Å². The monoisotopic (exact) mass is 392 g/mol. The average molecular weight is 392 g/mol. The second kappa shape index (κ2) is 7.59. The van der Waals surface area contributed by atoms with Gasteiger partial charge < -0.3 is 9.30 Å². The SMILES string of the molecule is Cn1c(CC(=O)NNC(=O)c2ccc(OC(F)(F)F)cc2)nc2ccccc21. The molecule has 10 heteroatoms. The van der Waals surface area contributed by atoms with E-state index < -0.39 is 23.9 Å². The third kappa shape index (κ3) is 4.58. The maximum absolute atomic E-state index is 12.1. The zero-order valence-corrected chi connectivity index (χ0v) is 14.6. The molecule has 7 nitrogen and oxygen atoms in total. The van der Waals surface area contributed by atoms with Gasteiger partial charge in [-0.1, -0.05) is 12.1 Å². The van der Waals surface area contributed by atoms with Crippen molar-refractivity contribution in [3.63, 3.8) is 0 Å². The van der Waals surface area contributed by atoms with E-state index in [4.69, 9.17) is 0 Å². The van der Waals surface area contributed by atoms with E-state index >= 15 is 0 Å². The highest BCUT2D eigenvalue weighted by Gasteiger charge is 2.31. The number of aryl methyl sites for hydroxylation is 1. The molecule has 1 aromatic heterocycles. The molecule has 146 valence electrons. The second-order valence-corrected chi connectivity index (χ2v) is 5.83. The van der Waals surface area contributed by atoms with Crippen molar-refractivity contribution in [2.45, 2.75) is 12.8 Å². The van der Waals surface area contributed by atoms with Crippen LogP contribution in [-0.2, 0) is 18.3 Å². The summed E-state index contributed by atoms with van der Waals surface area (Å²) < 4.78 is 41.9. The number of alkyl halides is 3. The molecule has 0 bridgehead atoms. The summed E-state index contributed by atoms with van der Waals surface area (Å²) >= 11 is 0. The lowest BCUT2D eigenvalue weighted by molar-refractivity contribution is -0.274. The molecule has 0 aliphatic rings. The van der Waals surface area contributed by atoms with E-state index in [1.807, 2.05) is 24.3 Å². The van der Waals surface area contributed by atoms with Crippen LogP contribution in [0.25, 0.3) is 11.0 Å². The van der Waals surface area contributed by atoms with Gasteiger partial charge in [0.25, 0.3) is 5.91 Å². The number of para-hydroxylation sites is 2. The lowest BCUT2D eigenvalue weighted by Gasteiger charge is -2.10. The zero-order valence-electron chi connectivity index (χ0n) is 14.6. The summed E-state index contributed by atoms with van der Waals surface area (Å²) in [4.78, 5) is 28.4. The minimum Gasteiger partial charge on any atom is -0.406 e. The summed E-state index contributed by atoms with van der Waals surface area (Å²) in [7, 11) is 1.78. The van der Waals surface area contributed by atoms with Crippen molar-refractivity contribution in [3.8, 4) is 5.75 Å². The Bertz CT molecular complexity index is 1010. The van der Waals surface area contributed by atoms with E-state index in [9.17, 15) is 22.8 Å². The number of rotatable bonds is 4. The first-order valence-electron chi connectivity index (χ1n) is 8.08. The topological polar surface area (TPSA) is 85.2 Å². The van der Waals surface area contributed by atoms with Crippen LogP contribution in [0.15, 0.2) is 48.5 Å². The van der Waals surface area contributed by atoms with Gasteiger partial charge in [0, 0.05) is 12.6 Å². The van der Waals surface area contributed by atoms with Crippen LogP contribution < -0.4 is 15.6 Å². The fourth-order valence-corrected chi connectivity index (χ4v) is 2.55. The number of hydrazine groups is 1. The van der Waals surface area contributed by atoms with Crippen molar-refractivity contribution < 1.29 is 27.5 Å². The maximum Gasteiger partial charge on any atom is 0.573 e. The van der Waals surface area contributed by atoms with Gasteiger partial charge in [0.1, 0.15) is 11.6 Å². The Balaban J connectivity index is 1.56. The van der Waals surface area contributed by atoms with E-state index in [0.29, 0.717) is 5.82 Å². The van der Waals surface area contributed by atoms with Gasteiger partial charge in [0.05, 0.1) is 17.5 Å². The first-order chi connectivity index (χ1) is 13.2. The second-order valence-electron chi connectivity index (χ2n) is 5.83. The summed E-state index contributed by atoms with van der Waals surface area (Å²) in [6, 6.07) is 11.7. The molecule has 0 radical (unpaired) electrons. The zero-order chi connectivity index (χ0) is 20.3. The lowest BCUT2D eigenvalue weighted by atomic mass is 10.2. The molecule has 1 heterocycles. The normalized spacial score (nSPS) is 11.3. The molecule has 0 saturated heterocycles. The summed E-state index contributed by atoms with van der Waals surface area (Å²) in [5.74, 6) is -1.11. The van der Waals surface area contributed by atoms with Gasteiger partial charge in [-0.05, 0) is 36.4 Å². The van der Waals surface area contributed by atoms with E-state index in [1.165, 1.54) is 0 Å².